The maximum Gasteiger partial charge on any atom is 0.263 e. The molecular formula is C20H20N2O3. The van der Waals surface area contributed by atoms with Crippen molar-refractivity contribution >= 4 is 16.6 Å². The SMILES string of the molecule is COc1ccc(CN=C(C)c2c(O)c3ccccc3n(C)c2=O)cc1. The Hall–Kier alpha value is -3.08. The lowest BCUT2D eigenvalue weighted by atomic mass is 10.1. The van der Waals surface area contributed by atoms with E-state index < -0.39 is 0 Å². The molecule has 0 spiro atoms. The number of aromatic hydroxyl groups is 1. The molecule has 0 aliphatic rings. The van der Waals surface area contributed by atoms with Crippen LogP contribution in [-0.4, -0.2) is 22.5 Å². The summed E-state index contributed by atoms with van der Waals surface area (Å²) < 4.78 is 6.68. The zero-order valence-electron chi connectivity index (χ0n) is 14.5. The van der Waals surface area contributed by atoms with Crippen LogP contribution in [0, 0.1) is 0 Å². The van der Waals surface area contributed by atoms with Crippen molar-refractivity contribution in [3.8, 4) is 11.5 Å². The van der Waals surface area contributed by atoms with E-state index in [2.05, 4.69) is 4.99 Å². The molecule has 25 heavy (non-hydrogen) atoms. The fourth-order valence-corrected chi connectivity index (χ4v) is 2.83. The molecule has 0 amide bonds. The Balaban J connectivity index is 2.01. The molecule has 5 heteroatoms. The van der Waals surface area contributed by atoms with E-state index in [4.69, 9.17) is 4.74 Å². The second kappa shape index (κ2) is 6.81. The van der Waals surface area contributed by atoms with E-state index in [-0.39, 0.29) is 16.9 Å². The first-order valence-electron chi connectivity index (χ1n) is 7.98. The minimum atomic E-state index is -0.257. The molecule has 0 atom stereocenters. The van der Waals surface area contributed by atoms with E-state index in [1.165, 1.54) is 4.57 Å². The van der Waals surface area contributed by atoms with Crippen LogP contribution in [0.25, 0.3) is 10.9 Å². The minimum Gasteiger partial charge on any atom is -0.506 e. The molecular weight excluding hydrogens is 316 g/mol. The third-order valence-electron chi connectivity index (χ3n) is 4.30. The third-order valence-corrected chi connectivity index (χ3v) is 4.30. The summed E-state index contributed by atoms with van der Waals surface area (Å²) in [5.74, 6) is 0.764. The first-order chi connectivity index (χ1) is 12.0. The van der Waals surface area contributed by atoms with Gasteiger partial charge in [0, 0.05) is 18.1 Å². The van der Waals surface area contributed by atoms with Crippen LogP contribution >= 0.6 is 0 Å². The zero-order chi connectivity index (χ0) is 18.0. The second-order valence-electron chi connectivity index (χ2n) is 5.85. The molecule has 128 valence electrons. The number of aliphatic imine (C=N–C) groups is 1. The molecule has 1 N–H and O–H groups in total. The summed E-state index contributed by atoms with van der Waals surface area (Å²) in [6.45, 7) is 2.17. The summed E-state index contributed by atoms with van der Waals surface area (Å²) in [6, 6.07) is 14.9. The maximum atomic E-state index is 12.6. The smallest absolute Gasteiger partial charge is 0.263 e. The van der Waals surface area contributed by atoms with Gasteiger partial charge < -0.3 is 14.4 Å². The third kappa shape index (κ3) is 3.13. The summed E-state index contributed by atoms with van der Waals surface area (Å²) in [7, 11) is 3.32. The first-order valence-corrected chi connectivity index (χ1v) is 7.98. The van der Waals surface area contributed by atoms with Crippen molar-refractivity contribution in [1.29, 1.82) is 0 Å². The first kappa shape index (κ1) is 16.8. The maximum absolute atomic E-state index is 12.6. The lowest BCUT2D eigenvalue weighted by Crippen LogP contribution is -2.24. The Labute approximate surface area is 145 Å². The van der Waals surface area contributed by atoms with Crippen LogP contribution in [0.3, 0.4) is 0 Å². The van der Waals surface area contributed by atoms with Crippen LogP contribution < -0.4 is 10.3 Å². The highest BCUT2D eigenvalue weighted by atomic mass is 16.5. The largest absolute Gasteiger partial charge is 0.506 e. The molecule has 0 saturated heterocycles. The van der Waals surface area contributed by atoms with E-state index in [1.807, 2.05) is 42.5 Å². The number of methoxy groups -OCH3 is 1. The van der Waals surface area contributed by atoms with Crippen molar-refractivity contribution in [2.75, 3.05) is 7.11 Å². The van der Waals surface area contributed by atoms with Gasteiger partial charge in [0.1, 0.15) is 17.1 Å². The van der Waals surface area contributed by atoms with E-state index in [9.17, 15) is 9.90 Å². The van der Waals surface area contributed by atoms with Gasteiger partial charge >= 0.3 is 0 Å². The number of ether oxygens (including phenoxy) is 1. The van der Waals surface area contributed by atoms with Crippen LogP contribution in [0.2, 0.25) is 0 Å². The highest BCUT2D eigenvalue weighted by Gasteiger charge is 2.16. The van der Waals surface area contributed by atoms with Gasteiger partial charge in [-0.15, -0.1) is 0 Å². The van der Waals surface area contributed by atoms with Gasteiger partial charge in [-0.2, -0.15) is 0 Å². The normalized spacial score (nSPS) is 11.7. The molecule has 3 aromatic rings. The van der Waals surface area contributed by atoms with Gasteiger partial charge in [-0.25, -0.2) is 0 Å². The number of rotatable bonds is 4. The number of hydrogen-bond donors (Lipinski definition) is 1. The van der Waals surface area contributed by atoms with Crippen LogP contribution in [0.4, 0.5) is 0 Å². The number of aryl methyl sites for hydroxylation is 1. The van der Waals surface area contributed by atoms with Gasteiger partial charge in [-0.05, 0) is 36.8 Å². The fraction of sp³-hybridized carbons (Fsp3) is 0.200. The number of para-hydroxylation sites is 1. The van der Waals surface area contributed by atoms with E-state index in [1.54, 1.807) is 27.1 Å². The number of fused-ring (bicyclic) bond motifs is 1. The van der Waals surface area contributed by atoms with Crippen molar-refractivity contribution in [3.05, 3.63) is 70.0 Å². The highest BCUT2D eigenvalue weighted by Crippen LogP contribution is 2.26. The Morgan fingerprint density at radius 2 is 1.84 bits per heavy atom. The number of nitrogens with zero attached hydrogens (tertiary/aromatic N) is 2. The quantitative estimate of drug-likeness (QED) is 0.744. The summed E-state index contributed by atoms with van der Waals surface area (Å²) in [4.78, 5) is 17.1. The topological polar surface area (TPSA) is 63.8 Å². The van der Waals surface area contributed by atoms with E-state index in [0.29, 0.717) is 23.2 Å². The Bertz CT molecular complexity index is 1000. The highest BCUT2D eigenvalue weighted by molar-refractivity contribution is 6.05. The van der Waals surface area contributed by atoms with Crippen molar-refractivity contribution in [3.63, 3.8) is 0 Å². The van der Waals surface area contributed by atoms with Crippen LogP contribution in [0.15, 0.2) is 58.3 Å². The summed E-state index contributed by atoms with van der Waals surface area (Å²) >= 11 is 0. The lowest BCUT2D eigenvalue weighted by Gasteiger charge is -2.11. The number of hydrogen-bond acceptors (Lipinski definition) is 4. The minimum absolute atomic E-state index is 0.0188. The van der Waals surface area contributed by atoms with Gasteiger partial charge in [0.2, 0.25) is 0 Å². The molecule has 0 aliphatic carbocycles. The molecule has 0 saturated carbocycles. The van der Waals surface area contributed by atoms with E-state index >= 15 is 0 Å². The monoisotopic (exact) mass is 336 g/mol. The summed E-state index contributed by atoms with van der Waals surface area (Å²) in [6.07, 6.45) is 0. The van der Waals surface area contributed by atoms with Crippen molar-refractivity contribution in [2.45, 2.75) is 13.5 Å². The molecule has 1 aromatic heterocycles. The van der Waals surface area contributed by atoms with Crippen molar-refractivity contribution < 1.29 is 9.84 Å². The number of aromatic nitrogens is 1. The van der Waals surface area contributed by atoms with Gasteiger partial charge in [0.25, 0.3) is 5.56 Å². The second-order valence-corrected chi connectivity index (χ2v) is 5.85. The van der Waals surface area contributed by atoms with Gasteiger partial charge in [0.15, 0.2) is 0 Å². The molecule has 1 heterocycles. The number of benzene rings is 2. The van der Waals surface area contributed by atoms with Crippen molar-refractivity contribution in [1.82, 2.24) is 4.57 Å². The summed E-state index contributed by atoms with van der Waals surface area (Å²) in [5.41, 5.74) is 2.19. The molecule has 0 fully saturated rings. The molecule has 0 radical (unpaired) electrons. The number of pyridine rings is 1. The molecule has 2 aromatic carbocycles. The van der Waals surface area contributed by atoms with Gasteiger partial charge in [-0.3, -0.25) is 9.79 Å². The molecule has 3 rings (SSSR count). The van der Waals surface area contributed by atoms with Gasteiger partial charge in [0.05, 0.1) is 19.2 Å². The predicted octanol–water partition coefficient (Wildman–Crippen LogP) is 3.26. The van der Waals surface area contributed by atoms with Crippen LogP contribution in [0.1, 0.15) is 18.1 Å². The molecule has 0 unspecified atom stereocenters. The lowest BCUT2D eigenvalue weighted by molar-refractivity contribution is 0.414. The van der Waals surface area contributed by atoms with Gasteiger partial charge in [-0.1, -0.05) is 24.3 Å². The van der Waals surface area contributed by atoms with Crippen molar-refractivity contribution in [2.24, 2.45) is 12.0 Å². The molecule has 0 aliphatic heterocycles. The Morgan fingerprint density at radius 3 is 2.52 bits per heavy atom. The Kier molecular flexibility index (Phi) is 4.57. The average molecular weight is 336 g/mol. The zero-order valence-corrected chi connectivity index (χ0v) is 14.5. The Morgan fingerprint density at radius 1 is 1.16 bits per heavy atom. The van der Waals surface area contributed by atoms with Crippen LogP contribution in [-0.2, 0) is 13.6 Å². The fourth-order valence-electron chi connectivity index (χ4n) is 2.83. The molecule has 0 bridgehead atoms. The molecule has 5 nitrogen and oxygen atoms in total. The average Bonchev–Trinajstić information content (AvgIpc) is 2.65. The van der Waals surface area contributed by atoms with Crippen LogP contribution in [0.5, 0.6) is 11.5 Å². The predicted molar refractivity (Wildman–Crippen MR) is 99.8 cm³/mol. The summed E-state index contributed by atoms with van der Waals surface area (Å²) in [5, 5.41) is 11.2. The standard InChI is InChI=1S/C20H20N2O3/c1-13(21-12-14-8-10-15(25-3)11-9-14)18-19(23)16-6-4-5-7-17(16)22(2)20(18)24/h4-11,23H,12H2,1-3H3. The van der Waals surface area contributed by atoms with E-state index in [0.717, 1.165) is 11.3 Å².